The maximum atomic E-state index is 12.9. The molecular formula is C20H23N8O6S2+. The molecule has 5 rings (SSSR count). The van der Waals surface area contributed by atoms with Crippen LogP contribution in [-0.4, -0.2) is 106 Å². The number of allylic oxidation sites excluding steroid dienone is 1. The van der Waals surface area contributed by atoms with Crippen LogP contribution in [0.1, 0.15) is 18.7 Å². The molecule has 0 bridgehead atoms. The quantitative estimate of drug-likeness (QED) is 0.0829. The van der Waals surface area contributed by atoms with Crippen LogP contribution in [0.5, 0.6) is 0 Å². The van der Waals surface area contributed by atoms with Gasteiger partial charge >= 0.3 is 11.9 Å². The number of nitrogens with zero attached hydrogens (tertiary/aromatic N) is 5. The SMILES string of the molecule is Nc1nc(/C(=N/O)C(=O)N[C@@H]2C(=O)N3C(C(=O)O)=C(/C=C4\CC[N+]([C@@H]5CCNC5)=C4O)CSC23)ns1. The van der Waals surface area contributed by atoms with Gasteiger partial charge in [-0.15, -0.1) is 11.8 Å². The van der Waals surface area contributed by atoms with E-state index >= 15 is 0 Å². The molecule has 4 aliphatic heterocycles. The molecule has 0 spiro atoms. The fourth-order valence-electron chi connectivity index (χ4n) is 4.74. The minimum absolute atomic E-state index is 0.0687. The van der Waals surface area contributed by atoms with E-state index in [-0.39, 0.29) is 34.3 Å². The van der Waals surface area contributed by atoms with Crippen molar-refractivity contribution in [1.82, 2.24) is 24.9 Å². The van der Waals surface area contributed by atoms with E-state index < -0.39 is 34.9 Å². The average Bonchev–Trinajstić information content (AvgIpc) is 3.60. The number of carbonyl (C=O) groups is 3. The number of fused-ring (bicyclic) bond motifs is 1. The lowest BCUT2D eigenvalue weighted by molar-refractivity contribution is -0.560. The summed E-state index contributed by atoms with van der Waals surface area (Å²) in [7, 11) is 0. The van der Waals surface area contributed by atoms with Crippen LogP contribution in [0.4, 0.5) is 5.13 Å². The first kappa shape index (κ1) is 24.2. The first-order valence-corrected chi connectivity index (χ1v) is 12.9. The van der Waals surface area contributed by atoms with Crippen LogP contribution >= 0.6 is 23.3 Å². The number of oxime groups is 1. The number of anilines is 1. The monoisotopic (exact) mass is 535 g/mol. The van der Waals surface area contributed by atoms with E-state index in [0.29, 0.717) is 24.1 Å². The molecule has 0 saturated carbocycles. The van der Waals surface area contributed by atoms with Gasteiger partial charge in [0.05, 0.1) is 12.1 Å². The number of amides is 2. The van der Waals surface area contributed by atoms with Crippen molar-refractivity contribution in [1.29, 1.82) is 0 Å². The number of carbonyl (C=O) groups excluding carboxylic acids is 2. The Hall–Kier alpha value is -3.50. The number of aliphatic hydroxyl groups is 1. The molecule has 2 saturated heterocycles. The van der Waals surface area contributed by atoms with Crippen molar-refractivity contribution < 1.29 is 34.4 Å². The van der Waals surface area contributed by atoms with Crippen molar-refractivity contribution in [2.45, 2.75) is 30.3 Å². The van der Waals surface area contributed by atoms with Crippen molar-refractivity contribution in [2.75, 3.05) is 31.1 Å². The molecule has 0 radical (unpaired) electrons. The second-order valence-electron chi connectivity index (χ2n) is 8.53. The maximum Gasteiger partial charge on any atom is 0.363 e. The first-order valence-electron chi connectivity index (χ1n) is 11.1. The van der Waals surface area contributed by atoms with Crippen molar-refractivity contribution in [3.8, 4) is 0 Å². The number of aromatic nitrogens is 2. The van der Waals surface area contributed by atoms with E-state index in [1.807, 2.05) is 4.58 Å². The van der Waals surface area contributed by atoms with Crippen LogP contribution in [0, 0.1) is 0 Å². The third-order valence-corrected chi connectivity index (χ3v) is 8.31. The van der Waals surface area contributed by atoms with Gasteiger partial charge in [0.1, 0.15) is 17.1 Å². The molecule has 7 N–H and O–H groups in total. The normalized spacial score (nSPS) is 27.5. The second kappa shape index (κ2) is 9.51. The molecule has 14 nitrogen and oxygen atoms in total. The molecule has 36 heavy (non-hydrogen) atoms. The minimum Gasteiger partial charge on any atom is -0.477 e. The zero-order valence-electron chi connectivity index (χ0n) is 18.7. The van der Waals surface area contributed by atoms with Crippen molar-refractivity contribution >= 4 is 57.8 Å². The van der Waals surface area contributed by atoms with Crippen LogP contribution in [0.25, 0.3) is 0 Å². The summed E-state index contributed by atoms with van der Waals surface area (Å²) in [5.41, 5.74) is 5.86. The number of nitrogens with two attached hydrogens (primary N) is 1. The van der Waals surface area contributed by atoms with Crippen molar-refractivity contribution in [3.05, 3.63) is 28.7 Å². The van der Waals surface area contributed by atoms with Gasteiger partial charge in [-0.1, -0.05) is 5.16 Å². The molecule has 1 unspecified atom stereocenters. The molecule has 0 aliphatic carbocycles. The Morgan fingerprint density at radius 3 is 2.83 bits per heavy atom. The lowest BCUT2D eigenvalue weighted by Crippen LogP contribution is -2.71. The molecular weight excluding hydrogens is 512 g/mol. The Balaban J connectivity index is 1.35. The second-order valence-corrected chi connectivity index (χ2v) is 10.4. The topological polar surface area (TPSA) is 206 Å². The van der Waals surface area contributed by atoms with E-state index in [1.54, 1.807) is 6.08 Å². The van der Waals surface area contributed by atoms with Crippen molar-refractivity contribution in [2.24, 2.45) is 5.16 Å². The number of carboxylic acids is 1. The Labute approximate surface area is 212 Å². The van der Waals surface area contributed by atoms with Gasteiger partial charge in [-0.2, -0.15) is 13.9 Å². The molecule has 2 amide bonds. The molecule has 4 aliphatic rings. The molecule has 0 aromatic carbocycles. The standard InChI is InChI=1S/C20H22N8O6S2/c21-20-24-14(26-36-20)11(25-34)15(29)23-12-17(31)28-13(19(32)33)9(7-35-18(12)28)5-8-2-4-27(16(8)30)10-1-3-22-6-10/h5,10,12,18,22H,1-4,6-7H2,(H5,21,23,24,26,29,32,33,34)/p+1/b8-5+/t10-,12-,18?/m1/s1. The summed E-state index contributed by atoms with van der Waals surface area (Å²) in [6.45, 7) is 2.30. The van der Waals surface area contributed by atoms with Crippen LogP contribution in [-0.2, 0) is 14.4 Å². The Kier molecular flexibility index (Phi) is 6.40. The highest BCUT2D eigenvalue weighted by atomic mass is 32.2. The minimum atomic E-state index is -1.28. The average molecular weight is 536 g/mol. The summed E-state index contributed by atoms with van der Waals surface area (Å²) in [6, 6.07) is -0.839. The van der Waals surface area contributed by atoms with Crippen LogP contribution < -0.4 is 16.4 Å². The largest absolute Gasteiger partial charge is 0.477 e. The smallest absolute Gasteiger partial charge is 0.363 e. The highest BCUT2D eigenvalue weighted by Crippen LogP contribution is 2.41. The predicted octanol–water partition coefficient (Wildman–Crippen LogP) is -1.30. The summed E-state index contributed by atoms with van der Waals surface area (Å²) in [5, 5.41) is 38.0. The number of rotatable bonds is 6. The van der Waals surface area contributed by atoms with Gasteiger partial charge in [0.15, 0.2) is 17.7 Å². The third-order valence-electron chi connectivity index (χ3n) is 6.46. The number of nitrogens with one attached hydrogen (secondary N) is 2. The van der Waals surface area contributed by atoms with Gasteiger partial charge in [0.25, 0.3) is 11.8 Å². The number of thioether (sulfide) groups is 1. The van der Waals surface area contributed by atoms with Gasteiger partial charge < -0.3 is 31.8 Å². The number of hydrogen-bond acceptors (Lipinski definition) is 11. The van der Waals surface area contributed by atoms with E-state index in [0.717, 1.165) is 35.9 Å². The fraction of sp³-hybridized carbons (Fsp3) is 0.450. The summed E-state index contributed by atoms with van der Waals surface area (Å²) < 4.78 is 5.75. The molecule has 2 fully saturated rings. The van der Waals surface area contributed by atoms with E-state index in [4.69, 9.17) is 5.73 Å². The summed E-state index contributed by atoms with van der Waals surface area (Å²) in [5.74, 6) is -2.58. The Morgan fingerprint density at radius 1 is 1.39 bits per heavy atom. The Morgan fingerprint density at radius 2 is 2.19 bits per heavy atom. The molecule has 1 aromatic rings. The van der Waals surface area contributed by atoms with Crippen LogP contribution in [0.2, 0.25) is 0 Å². The zero-order chi connectivity index (χ0) is 25.6. The predicted molar refractivity (Wildman–Crippen MR) is 129 cm³/mol. The fourth-order valence-corrected chi connectivity index (χ4v) is 6.48. The highest BCUT2D eigenvalue weighted by Gasteiger charge is 2.54. The van der Waals surface area contributed by atoms with Gasteiger partial charge in [-0.05, 0) is 11.6 Å². The number of hydrogen-bond donors (Lipinski definition) is 6. The van der Waals surface area contributed by atoms with Gasteiger partial charge in [0, 0.05) is 36.7 Å². The number of aliphatic hydroxyl groups excluding tert-OH is 1. The number of β-lactam (4-membered cyclic amide) rings is 1. The number of aliphatic carboxylic acids is 1. The zero-order valence-corrected chi connectivity index (χ0v) is 20.4. The molecule has 5 heterocycles. The molecule has 1 aromatic heterocycles. The lowest BCUT2D eigenvalue weighted by atomic mass is 10.0. The van der Waals surface area contributed by atoms with Gasteiger partial charge in [0.2, 0.25) is 11.5 Å². The molecule has 190 valence electrons. The highest BCUT2D eigenvalue weighted by molar-refractivity contribution is 8.00. The van der Waals surface area contributed by atoms with Crippen LogP contribution in [0.3, 0.4) is 0 Å². The lowest BCUT2D eigenvalue weighted by Gasteiger charge is -2.49. The van der Waals surface area contributed by atoms with Gasteiger partial charge in [-0.25, -0.2) is 4.79 Å². The van der Waals surface area contributed by atoms with Crippen molar-refractivity contribution in [3.63, 3.8) is 0 Å². The number of carboxylic acid groups (broad SMARTS) is 1. The van der Waals surface area contributed by atoms with E-state index in [9.17, 15) is 29.8 Å². The summed E-state index contributed by atoms with van der Waals surface area (Å²) in [6.07, 6.45) is 3.14. The van der Waals surface area contributed by atoms with E-state index in [1.165, 1.54) is 11.8 Å². The third kappa shape index (κ3) is 4.10. The number of nitrogen functional groups attached to an aromatic ring is 1. The first-order chi connectivity index (χ1) is 17.3. The van der Waals surface area contributed by atoms with Crippen LogP contribution in [0.15, 0.2) is 28.1 Å². The van der Waals surface area contributed by atoms with Gasteiger partial charge in [-0.3, -0.25) is 14.5 Å². The Bertz CT molecular complexity index is 1260. The maximum absolute atomic E-state index is 12.9. The summed E-state index contributed by atoms with van der Waals surface area (Å²) >= 11 is 2.09. The summed E-state index contributed by atoms with van der Waals surface area (Å²) in [4.78, 5) is 42.6. The van der Waals surface area contributed by atoms with E-state index in [2.05, 4.69) is 25.1 Å². The molecule has 3 atom stereocenters. The molecule has 16 heteroatoms.